The van der Waals surface area contributed by atoms with Gasteiger partial charge in [-0.25, -0.2) is 0 Å². The number of ether oxygens (including phenoxy) is 1. The summed E-state index contributed by atoms with van der Waals surface area (Å²) in [6.45, 7) is 9.40. The van der Waals surface area contributed by atoms with E-state index >= 15 is 0 Å². The number of methoxy groups -OCH3 is 1. The predicted molar refractivity (Wildman–Crippen MR) is 96.3 cm³/mol. The van der Waals surface area contributed by atoms with Crippen LogP contribution in [0.2, 0.25) is 5.02 Å². The first-order chi connectivity index (χ1) is 11.4. The molecule has 1 rings (SSSR count). The van der Waals surface area contributed by atoms with Crippen molar-refractivity contribution in [1.82, 2.24) is 9.80 Å². The van der Waals surface area contributed by atoms with E-state index in [0.29, 0.717) is 23.7 Å². The van der Waals surface area contributed by atoms with Gasteiger partial charge in [0.05, 0.1) is 13.0 Å². The van der Waals surface area contributed by atoms with Crippen LogP contribution < -0.4 is 0 Å². The maximum atomic E-state index is 12.8. The molecule has 1 unspecified atom stereocenters. The highest BCUT2D eigenvalue weighted by Crippen LogP contribution is 2.14. The van der Waals surface area contributed by atoms with Gasteiger partial charge in [-0.15, -0.1) is 0 Å². The smallest absolute Gasteiger partial charge is 0.310 e. The fourth-order valence-corrected chi connectivity index (χ4v) is 2.68. The summed E-state index contributed by atoms with van der Waals surface area (Å²) in [4.78, 5) is 28.5. The zero-order chi connectivity index (χ0) is 18.1. The molecule has 0 saturated heterocycles. The molecule has 0 aliphatic heterocycles. The summed E-state index contributed by atoms with van der Waals surface area (Å²) < 4.78 is 4.78. The van der Waals surface area contributed by atoms with Crippen molar-refractivity contribution >= 4 is 23.5 Å². The van der Waals surface area contributed by atoms with Crippen molar-refractivity contribution in [2.75, 3.05) is 39.8 Å². The van der Waals surface area contributed by atoms with Gasteiger partial charge < -0.3 is 14.5 Å². The van der Waals surface area contributed by atoms with Crippen molar-refractivity contribution < 1.29 is 14.3 Å². The second-order valence-electron chi connectivity index (χ2n) is 5.71. The van der Waals surface area contributed by atoms with Gasteiger partial charge in [-0.05, 0) is 31.3 Å². The molecule has 1 amide bonds. The minimum absolute atomic E-state index is 0.125. The zero-order valence-electron chi connectivity index (χ0n) is 14.9. The third-order valence-corrected chi connectivity index (χ3v) is 4.27. The van der Waals surface area contributed by atoms with Crippen molar-refractivity contribution in [3.63, 3.8) is 0 Å². The Hall–Kier alpha value is -1.59. The first-order valence-corrected chi connectivity index (χ1v) is 8.65. The van der Waals surface area contributed by atoms with Gasteiger partial charge in [-0.3, -0.25) is 9.59 Å². The number of hydrogen-bond acceptors (Lipinski definition) is 4. The molecular weight excluding hydrogens is 328 g/mol. The van der Waals surface area contributed by atoms with E-state index in [1.54, 1.807) is 36.1 Å². The molecular formula is C18H27ClN2O3. The quantitative estimate of drug-likeness (QED) is 0.640. The Balaban J connectivity index is 2.90. The Labute approximate surface area is 149 Å². The van der Waals surface area contributed by atoms with Crippen molar-refractivity contribution in [2.45, 2.75) is 20.8 Å². The van der Waals surface area contributed by atoms with E-state index in [0.717, 1.165) is 19.6 Å². The molecule has 1 aromatic carbocycles. The topological polar surface area (TPSA) is 49.9 Å². The normalized spacial score (nSPS) is 12.1. The summed E-state index contributed by atoms with van der Waals surface area (Å²) in [6.07, 6.45) is 0. The van der Waals surface area contributed by atoms with Gasteiger partial charge in [0.2, 0.25) is 0 Å². The van der Waals surface area contributed by atoms with E-state index < -0.39 is 0 Å². The Morgan fingerprint density at radius 2 is 1.88 bits per heavy atom. The highest BCUT2D eigenvalue weighted by molar-refractivity contribution is 6.30. The average Bonchev–Trinajstić information content (AvgIpc) is 2.59. The first kappa shape index (κ1) is 20.5. The van der Waals surface area contributed by atoms with Crippen LogP contribution >= 0.6 is 11.6 Å². The number of esters is 1. The SMILES string of the molecule is CCN(CC)CCN(CC(C)C(=O)OC)C(=O)c1cccc(Cl)c1. The molecule has 0 saturated carbocycles. The Bertz CT molecular complexity index is 547. The highest BCUT2D eigenvalue weighted by Gasteiger charge is 2.23. The predicted octanol–water partition coefficient (Wildman–Crippen LogP) is 2.93. The second-order valence-corrected chi connectivity index (χ2v) is 6.15. The van der Waals surface area contributed by atoms with Crippen LogP contribution in [0.3, 0.4) is 0 Å². The van der Waals surface area contributed by atoms with Gasteiger partial charge >= 0.3 is 5.97 Å². The molecule has 0 spiro atoms. The van der Waals surface area contributed by atoms with Crippen LogP contribution in [0.15, 0.2) is 24.3 Å². The van der Waals surface area contributed by atoms with Crippen molar-refractivity contribution in [1.29, 1.82) is 0 Å². The second kappa shape index (κ2) is 10.3. The molecule has 134 valence electrons. The van der Waals surface area contributed by atoms with Gasteiger partial charge in [0.25, 0.3) is 5.91 Å². The van der Waals surface area contributed by atoms with Crippen molar-refractivity contribution in [2.24, 2.45) is 5.92 Å². The average molecular weight is 355 g/mol. The van der Waals surface area contributed by atoms with E-state index in [2.05, 4.69) is 18.7 Å². The molecule has 0 fully saturated rings. The molecule has 0 heterocycles. The summed E-state index contributed by atoms with van der Waals surface area (Å²) in [7, 11) is 1.36. The molecule has 6 heteroatoms. The monoisotopic (exact) mass is 354 g/mol. The lowest BCUT2D eigenvalue weighted by atomic mass is 10.1. The summed E-state index contributed by atoms with van der Waals surface area (Å²) >= 11 is 5.99. The maximum Gasteiger partial charge on any atom is 0.310 e. The van der Waals surface area contributed by atoms with E-state index in [4.69, 9.17) is 16.3 Å². The molecule has 24 heavy (non-hydrogen) atoms. The van der Waals surface area contributed by atoms with Crippen molar-refractivity contribution in [3.05, 3.63) is 34.9 Å². The molecule has 5 nitrogen and oxygen atoms in total. The molecule has 0 aliphatic rings. The van der Waals surface area contributed by atoms with Gasteiger partial charge in [0.15, 0.2) is 0 Å². The summed E-state index contributed by atoms with van der Waals surface area (Å²) in [5.41, 5.74) is 0.527. The van der Waals surface area contributed by atoms with E-state index in [9.17, 15) is 9.59 Å². The number of halogens is 1. The summed E-state index contributed by atoms with van der Waals surface area (Å²) in [5, 5.41) is 0.519. The molecule has 0 radical (unpaired) electrons. The Morgan fingerprint density at radius 1 is 1.21 bits per heavy atom. The van der Waals surface area contributed by atoms with Crippen LogP contribution in [0.4, 0.5) is 0 Å². The number of hydrogen-bond donors (Lipinski definition) is 0. The number of nitrogens with zero attached hydrogens (tertiary/aromatic N) is 2. The third kappa shape index (κ3) is 6.13. The Morgan fingerprint density at radius 3 is 2.42 bits per heavy atom. The number of rotatable bonds is 9. The zero-order valence-corrected chi connectivity index (χ0v) is 15.7. The van der Waals surface area contributed by atoms with Gasteiger partial charge in [0.1, 0.15) is 0 Å². The van der Waals surface area contributed by atoms with Gasteiger partial charge in [-0.2, -0.15) is 0 Å². The number of carbonyl (C=O) groups excluding carboxylic acids is 2. The molecule has 0 N–H and O–H groups in total. The lowest BCUT2D eigenvalue weighted by Gasteiger charge is -2.28. The molecule has 0 bridgehead atoms. The lowest BCUT2D eigenvalue weighted by Crippen LogP contribution is -2.42. The fourth-order valence-electron chi connectivity index (χ4n) is 2.49. The number of likely N-dealkylation sites (N-methyl/N-ethyl adjacent to an activating group) is 1. The lowest BCUT2D eigenvalue weighted by molar-refractivity contribution is -0.145. The minimum Gasteiger partial charge on any atom is -0.469 e. The van der Waals surface area contributed by atoms with Crippen molar-refractivity contribution in [3.8, 4) is 0 Å². The highest BCUT2D eigenvalue weighted by atomic mass is 35.5. The molecule has 1 atom stereocenters. The van der Waals surface area contributed by atoms with Crippen LogP contribution in [0.25, 0.3) is 0 Å². The standard InChI is InChI=1S/C18H27ClN2O3/c1-5-20(6-2)10-11-21(13-14(3)18(23)24-4)17(22)15-8-7-9-16(19)12-15/h7-9,12,14H,5-6,10-11,13H2,1-4H3. The summed E-state index contributed by atoms with van der Waals surface area (Å²) in [5.74, 6) is -0.822. The number of benzene rings is 1. The number of carbonyl (C=O) groups is 2. The van der Waals surface area contributed by atoms with E-state index in [-0.39, 0.29) is 17.8 Å². The van der Waals surface area contributed by atoms with Crippen LogP contribution in [-0.2, 0) is 9.53 Å². The minimum atomic E-state index is -0.380. The van der Waals surface area contributed by atoms with E-state index in [1.165, 1.54) is 7.11 Å². The maximum absolute atomic E-state index is 12.8. The first-order valence-electron chi connectivity index (χ1n) is 8.27. The summed E-state index contributed by atoms with van der Waals surface area (Å²) in [6, 6.07) is 6.87. The van der Waals surface area contributed by atoms with Crippen LogP contribution in [0.5, 0.6) is 0 Å². The van der Waals surface area contributed by atoms with Gasteiger partial charge in [-0.1, -0.05) is 38.4 Å². The number of amides is 1. The largest absolute Gasteiger partial charge is 0.469 e. The molecule has 0 aliphatic carbocycles. The van der Waals surface area contributed by atoms with Crippen LogP contribution in [0.1, 0.15) is 31.1 Å². The van der Waals surface area contributed by atoms with Crippen LogP contribution in [0, 0.1) is 5.92 Å². The van der Waals surface area contributed by atoms with Crippen LogP contribution in [-0.4, -0.2) is 61.5 Å². The fraction of sp³-hybridized carbons (Fsp3) is 0.556. The molecule has 0 aromatic heterocycles. The Kier molecular flexibility index (Phi) is 8.79. The van der Waals surface area contributed by atoms with E-state index in [1.807, 2.05) is 0 Å². The third-order valence-electron chi connectivity index (χ3n) is 4.04. The molecule has 1 aromatic rings. The van der Waals surface area contributed by atoms with Gasteiger partial charge in [0, 0.05) is 30.2 Å².